The predicted molar refractivity (Wildman–Crippen MR) is 214 cm³/mol. The normalized spacial score (nSPS) is 23.7. The molecule has 3 aromatic carbocycles. The summed E-state index contributed by atoms with van der Waals surface area (Å²) >= 11 is 0. The standard InChI is InChI=1S/C45H57N3O9/c1-28(2)37-40(49)46(7)35(26-32-21-15-11-16-22-32)44(53)56-39(30(5)6)42(51)48(9)36(27-33-23-17-12-18-24-33)45(54)57-38(29(3)4)41(50)47(8)34(43(52)55-37)25-31-19-13-10-14-20-31/h10-24,28-30,34-39H,25-27H2,1-9H3/t34-,35-,36+,37-,38-,39+/m0/s1. The van der Waals surface area contributed by atoms with Gasteiger partial charge >= 0.3 is 17.9 Å². The number of hydrogen-bond donors (Lipinski definition) is 0. The van der Waals surface area contributed by atoms with Crippen molar-refractivity contribution in [1.82, 2.24) is 14.7 Å². The number of ether oxygens (including phenoxy) is 3. The highest BCUT2D eigenvalue weighted by molar-refractivity contribution is 5.94. The maximum atomic E-state index is 14.4. The molecule has 4 rings (SSSR count). The summed E-state index contributed by atoms with van der Waals surface area (Å²) in [5.74, 6) is -6.18. The first-order chi connectivity index (χ1) is 27.0. The van der Waals surface area contributed by atoms with Crippen LogP contribution in [0.3, 0.4) is 0 Å². The van der Waals surface area contributed by atoms with Gasteiger partial charge in [-0.25, -0.2) is 14.4 Å². The highest BCUT2D eigenvalue weighted by Gasteiger charge is 2.44. The Balaban J connectivity index is 1.88. The zero-order chi connectivity index (χ0) is 42.0. The molecule has 57 heavy (non-hydrogen) atoms. The van der Waals surface area contributed by atoms with Crippen LogP contribution in [-0.4, -0.2) is 108 Å². The number of rotatable bonds is 9. The maximum absolute atomic E-state index is 14.4. The van der Waals surface area contributed by atoms with Crippen molar-refractivity contribution in [3.8, 4) is 0 Å². The Kier molecular flexibility index (Phi) is 15.6. The lowest BCUT2D eigenvalue weighted by Gasteiger charge is -2.37. The minimum atomic E-state index is -1.36. The molecule has 0 aromatic heterocycles. The van der Waals surface area contributed by atoms with Crippen LogP contribution in [0.1, 0.15) is 58.2 Å². The van der Waals surface area contributed by atoms with Crippen LogP contribution in [0.15, 0.2) is 91.0 Å². The molecule has 3 amide bonds. The SMILES string of the molecule is CC(C)[C@@H]1OC(=O)[C@@H](Cc2ccccc2)N(C)C(=O)[C@@H](C(C)C)OC(=O)[C@H](Cc2ccccc2)N(C)C(=O)[C@H](C(C)C)OC(=O)[C@H](Cc2ccccc2)N(C)C1=O. The third-order valence-corrected chi connectivity index (χ3v) is 10.4. The Morgan fingerprint density at radius 1 is 0.404 bits per heavy atom. The molecular formula is C45H57N3O9. The van der Waals surface area contributed by atoms with E-state index in [2.05, 4.69) is 0 Å². The second-order valence-corrected chi connectivity index (χ2v) is 15.8. The average Bonchev–Trinajstić information content (AvgIpc) is 3.19. The molecular weight excluding hydrogens is 727 g/mol. The van der Waals surface area contributed by atoms with Crippen molar-refractivity contribution in [2.45, 2.75) is 97.2 Å². The summed E-state index contributed by atoms with van der Waals surface area (Å²) in [6.07, 6.45) is -3.99. The minimum Gasteiger partial charge on any atom is -0.450 e. The number of esters is 3. The van der Waals surface area contributed by atoms with Crippen molar-refractivity contribution in [1.29, 1.82) is 0 Å². The zero-order valence-corrected chi connectivity index (χ0v) is 34.5. The summed E-state index contributed by atoms with van der Waals surface area (Å²) in [6.45, 7) is 10.3. The molecule has 0 unspecified atom stereocenters. The third-order valence-electron chi connectivity index (χ3n) is 10.4. The molecule has 0 radical (unpaired) electrons. The number of cyclic esters (lactones) is 3. The summed E-state index contributed by atoms with van der Waals surface area (Å²) in [4.78, 5) is 89.9. The Bertz CT molecular complexity index is 1620. The van der Waals surface area contributed by atoms with E-state index in [1.807, 2.05) is 18.2 Å². The van der Waals surface area contributed by atoms with Crippen LogP contribution >= 0.6 is 0 Å². The smallest absolute Gasteiger partial charge is 0.329 e. The quantitative estimate of drug-likeness (QED) is 0.219. The van der Waals surface area contributed by atoms with Gasteiger partial charge in [0.25, 0.3) is 17.7 Å². The molecule has 1 heterocycles. The van der Waals surface area contributed by atoms with Crippen LogP contribution in [0.2, 0.25) is 0 Å². The minimum absolute atomic E-state index is 0.0307. The first kappa shape index (κ1) is 44.2. The van der Waals surface area contributed by atoms with Gasteiger partial charge in [0.05, 0.1) is 0 Å². The molecule has 0 spiro atoms. The molecule has 12 nitrogen and oxygen atoms in total. The number of benzene rings is 3. The van der Waals surface area contributed by atoms with Gasteiger partial charge in [0.2, 0.25) is 0 Å². The fraction of sp³-hybridized carbons (Fsp3) is 0.467. The fourth-order valence-corrected chi connectivity index (χ4v) is 6.74. The molecule has 1 aliphatic heterocycles. The van der Waals surface area contributed by atoms with Crippen molar-refractivity contribution in [3.05, 3.63) is 108 Å². The van der Waals surface area contributed by atoms with Crippen molar-refractivity contribution in [3.63, 3.8) is 0 Å². The van der Waals surface area contributed by atoms with Crippen molar-refractivity contribution in [2.75, 3.05) is 21.1 Å². The largest absolute Gasteiger partial charge is 0.450 e. The summed E-state index contributed by atoms with van der Waals surface area (Å²) in [7, 11) is 4.31. The predicted octanol–water partition coefficient (Wildman–Crippen LogP) is 4.91. The van der Waals surface area contributed by atoms with Gasteiger partial charge in [-0.15, -0.1) is 0 Å². The van der Waals surface area contributed by atoms with Gasteiger partial charge < -0.3 is 28.9 Å². The Hall–Kier alpha value is -5.52. The number of carbonyl (C=O) groups is 6. The first-order valence-electron chi connectivity index (χ1n) is 19.5. The Morgan fingerprint density at radius 3 is 0.807 bits per heavy atom. The van der Waals surface area contributed by atoms with Crippen LogP contribution in [0.5, 0.6) is 0 Å². The fourth-order valence-electron chi connectivity index (χ4n) is 6.74. The van der Waals surface area contributed by atoms with Gasteiger partial charge in [-0.05, 0) is 34.4 Å². The number of hydrogen-bond acceptors (Lipinski definition) is 9. The maximum Gasteiger partial charge on any atom is 0.329 e. The number of amides is 3. The van der Waals surface area contributed by atoms with Gasteiger partial charge in [0.1, 0.15) is 18.1 Å². The second kappa shape index (κ2) is 20.1. The number of nitrogens with zero attached hydrogens (tertiary/aromatic N) is 3. The zero-order valence-electron chi connectivity index (χ0n) is 34.5. The lowest BCUT2D eigenvalue weighted by Crippen LogP contribution is -2.56. The van der Waals surface area contributed by atoms with Gasteiger partial charge in [-0.1, -0.05) is 133 Å². The molecule has 1 aliphatic rings. The van der Waals surface area contributed by atoms with E-state index in [0.717, 1.165) is 16.7 Å². The van der Waals surface area contributed by atoms with E-state index < -0.39 is 89.8 Å². The van der Waals surface area contributed by atoms with E-state index in [-0.39, 0.29) is 19.3 Å². The molecule has 0 aliphatic carbocycles. The van der Waals surface area contributed by atoms with Crippen LogP contribution < -0.4 is 0 Å². The molecule has 306 valence electrons. The van der Waals surface area contributed by atoms with Gasteiger partial charge in [0, 0.05) is 40.4 Å². The van der Waals surface area contributed by atoms with Crippen LogP contribution in [-0.2, 0) is 62.2 Å². The summed E-state index contributed by atoms with van der Waals surface area (Å²) in [6, 6.07) is 23.4. The average molecular weight is 784 g/mol. The lowest BCUT2D eigenvalue weighted by molar-refractivity contribution is -0.179. The van der Waals surface area contributed by atoms with E-state index in [4.69, 9.17) is 14.2 Å². The van der Waals surface area contributed by atoms with Crippen molar-refractivity contribution in [2.24, 2.45) is 17.8 Å². The molecule has 0 N–H and O–H groups in total. The Labute approximate surface area is 336 Å². The van der Waals surface area contributed by atoms with Gasteiger partial charge in [-0.3, -0.25) is 14.4 Å². The van der Waals surface area contributed by atoms with E-state index in [1.165, 1.54) is 35.8 Å². The number of likely N-dealkylation sites (N-methyl/N-ethyl adjacent to an activating group) is 3. The van der Waals surface area contributed by atoms with Gasteiger partial charge in [-0.2, -0.15) is 0 Å². The van der Waals surface area contributed by atoms with E-state index in [9.17, 15) is 28.8 Å². The highest BCUT2D eigenvalue weighted by atomic mass is 16.6. The summed E-state index contributed by atoms with van der Waals surface area (Å²) in [5, 5.41) is 0. The Morgan fingerprint density at radius 2 is 0.614 bits per heavy atom. The molecule has 12 heteroatoms. The van der Waals surface area contributed by atoms with Crippen molar-refractivity contribution >= 4 is 35.6 Å². The van der Waals surface area contributed by atoms with Crippen molar-refractivity contribution < 1.29 is 43.0 Å². The van der Waals surface area contributed by atoms with Gasteiger partial charge in [0.15, 0.2) is 18.3 Å². The molecule has 6 atom stereocenters. The molecule has 1 saturated heterocycles. The monoisotopic (exact) mass is 783 g/mol. The van der Waals surface area contributed by atoms with Crippen LogP contribution in [0.25, 0.3) is 0 Å². The molecule has 1 fully saturated rings. The second-order valence-electron chi connectivity index (χ2n) is 15.8. The lowest BCUT2D eigenvalue weighted by atomic mass is 9.99. The molecule has 3 aromatic rings. The topological polar surface area (TPSA) is 140 Å². The third kappa shape index (κ3) is 11.3. The first-order valence-corrected chi connectivity index (χ1v) is 19.5. The summed E-state index contributed by atoms with van der Waals surface area (Å²) in [5.41, 5.74) is 2.16. The molecule has 0 saturated carbocycles. The van der Waals surface area contributed by atoms with E-state index >= 15 is 0 Å². The van der Waals surface area contributed by atoms with Crippen LogP contribution in [0.4, 0.5) is 0 Å². The highest BCUT2D eigenvalue weighted by Crippen LogP contribution is 2.24. The van der Waals surface area contributed by atoms with E-state index in [0.29, 0.717) is 0 Å². The molecule has 0 bridgehead atoms. The summed E-state index contributed by atoms with van der Waals surface area (Å²) < 4.78 is 18.1. The van der Waals surface area contributed by atoms with Crippen LogP contribution in [0, 0.1) is 17.8 Å². The number of carbonyl (C=O) groups excluding carboxylic acids is 6. The van der Waals surface area contributed by atoms with E-state index in [1.54, 1.807) is 114 Å².